The fourth-order valence-corrected chi connectivity index (χ4v) is 3.78. The van der Waals surface area contributed by atoms with Gasteiger partial charge in [-0.05, 0) is 54.5 Å². The second-order valence-electron chi connectivity index (χ2n) is 7.94. The minimum Gasteiger partial charge on any atom is -0.329 e. The van der Waals surface area contributed by atoms with Crippen LogP contribution in [0.25, 0.3) is 11.2 Å². The number of rotatable bonds is 6. The van der Waals surface area contributed by atoms with Crippen LogP contribution in [-0.4, -0.2) is 34.7 Å². The van der Waals surface area contributed by atoms with Gasteiger partial charge >= 0.3 is 12.4 Å². The zero-order valence-corrected chi connectivity index (χ0v) is 18.9. The van der Waals surface area contributed by atoms with Gasteiger partial charge < -0.3 is 9.47 Å². The highest BCUT2D eigenvalue weighted by Gasteiger charge is 2.37. The molecule has 0 fully saturated rings. The van der Waals surface area contributed by atoms with E-state index >= 15 is 0 Å². The molecule has 0 radical (unpaired) electrons. The van der Waals surface area contributed by atoms with E-state index in [0.717, 1.165) is 10.6 Å². The first-order chi connectivity index (χ1) is 16.3. The van der Waals surface area contributed by atoms with Gasteiger partial charge in [0, 0.05) is 25.8 Å². The van der Waals surface area contributed by atoms with Crippen LogP contribution in [0.3, 0.4) is 0 Å². The van der Waals surface area contributed by atoms with Crippen molar-refractivity contribution in [2.24, 2.45) is 7.05 Å². The summed E-state index contributed by atoms with van der Waals surface area (Å²) in [7, 11) is 1.49. The SMILES string of the molecule is CCn1c(C)nc2cc(CN(Cc3cc(C(F)(F)F)cc(C(F)(F)F)c3)c3nnn(C)n3)cnc21. The Bertz CT molecular complexity index is 1320. The van der Waals surface area contributed by atoms with Crippen molar-refractivity contribution in [2.75, 3.05) is 4.90 Å². The molecule has 3 aromatic heterocycles. The third-order valence-corrected chi connectivity index (χ3v) is 5.32. The van der Waals surface area contributed by atoms with Crippen LogP contribution in [0.2, 0.25) is 0 Å². The Labute approximate surface area is 195 Å². The summed E-state index contributed by atoms with van der Waals surface area (Å²) in [5.74, 6) is 0.803. The predicted molar refractivity (Wildman–Crippen MR) is 113 cm³/mol. The van der Waals surface area contributed by atoms with E-state index in [4.69, 9.17) is 0 Å². The highest BCUT2D eigenvalue weighted by molar-refractivity contribution is 5.72. The van der Waals surface area contributed by atoms with E-state index in [9.17, 15) is 26.3 Å². The molecule has 8 nitrogen and oxygen atoms in total. The molecule has 4 aromatic rings. The number of tetrazole rings is 1. The lowest BCUT2D eigenvalue weighted by Gasteiger charge is -2.22. The summed E-state index contributed by atoms with van der Waals surface area (Å²) in [6.45, 7) is 4.17. The van der Waals surface area contributed by atoms with Crippen LogP contribution in [-0.2, 0) is 39.0 Å². The summed E-state index contributed by atoms with van der Waals surface area (Å²) < 4.78 is 81.9. The van der Waals surface area contributed by atoms with Crippen molar-refractivity contribution in [2.45, 2.75) is 45.8 Å². The largest absolute Gasteiger partial charge is 0.416 e. The first-order valence-electron chi connectivity index (χ1n) is 10.4. The Balaban J connectivity index is 1.73. The number of hydrogen-bond acceptors (Lipinski definition) is 6. The van der Waals surface area contributed by atoms with Gasteiger partial charge in [0.1, 0.15) is 11.3 Å². The normalized spacial score (nSPS) is 12.5. The highest BCUT2D eigenvalue weighted by Crippen LogP contribution is 2.36. The molecule has 0 bridgehead atoms. The lowest BCUT2D eigenvalue weighted by Crippen LogP contribution is -2.24. The van der Waals surface area contributed by atoms with Crippen LogP contribution in [0.1, 0.15) is 35.0 Å². The third-order valence-electron chi connectivity index (χ3n) is 5.32. The van der Waals surface area contributed by atoms with E-state index in [2.05, 4.69) is 25.4 Å². The fourth-order valence-electron chi connectivity index (χ4n) is 3.78. The van der Waals surface area contributed by atoms with Crippen molar-refractivity contribution >= 4 is 17.1 Å². The van der Waals surface area contributed by atoms with Crippen LogP contribution >= 0.6 is 0 Å². The maximum absolute atomic E-state index is 13.3. The van der Waals surface area contributed by atoms with Crippen LogP contribution in [0.5, 0.6) is 0 Å². The number of aryl methyl sites for hydroxylation is 3. The van der Waals surface area contributed by atoms with Crippen molar-refractivity contribution in [3.8, 4) is 0 Å². The summed E-state index contributed by atoms with van der Waals surface area (Å²) >= 11 is 0. The van der Waals surface area contributed by atoms with E-state index < -0.39 is 23.5 Å². The Morgan fingerprint density at radius 3 is 2.09 bits per heavy atom. The standard InChI is InChI=1S/C21H20F6N8/c1-4-35-12(2)29-17-7-14(9-28-18(17)35)11-34(19-30-32-33(3)31-19)10-13-5-15(20(22,23)24)8-16(6-13)21(25,26)27/h5-9H,4,10-11H2,1-3H3. The summed E-state index contributed by atoms with van der Waals surface area (Å²) in [5.41, 5.74) is -1.08. The Kier molecular flexibility index (Phi) is 6.15. The summed E-state index contributed by atoms with van der Waals surface area (Å²) in [6, 6.07) is 3.23. The lowest BCUT2D eigenvalue weighted by atomic mass is 10.0. The molecule has 186 valence electrons. The number of nitrogens with zero attached hydrogens (tertiary/aromatic N) is 8. The molecule has 0 saturated heterocycles. The van der Waals surface area contributed by atoms with Crippen LogP contribution in [0.15, 0.2) is 30.5 Å². The minimum atomic E-state index is -4.95. The van der Waals surface area contributed by atoms with E-state index in [1.807, 2.05) is 18.4 Å². The van der Waals surface area contributed by atoms with Gasteiger partial charge in [-0.15, -0.1) is 5.10 Å². The average Bonchev–Trinajstić information content (AvgIpc) is 3.33. The molecule has 0 N–H and O–H groups in total. The molecule has 0 aliphatic rings. The minimum absolute atomic E-state index is 0.0360. The summed E-state index contributed by atoms with van der Waals surface area (Å²) in [5, 5.41) is 11.7. The molecular formula is C21H20F6N8. The number of pyridine rings is 1. The van der Waals surface area contributed by atoms with Crippen molar-refractivity contribution in [1.82, 2.24) is 34.7 Å². The molecule has 0 atom stereocenters. The number of alkyl halides is 6. The monoisotopic (exact) mass is 498 g/mol. The lowest BCUT2D eigenvalue weighted by molar-refractivity contribution is -0.143. The highest BCUT2D eigenvalue weighted by atomic mass is 19.4. The van der Waals surface area contributed by atoms with E-state index in [-0.39, 0.29) is 30.7 Å². The van der Waals surface area contributed by atoms with Gasteiger partial charge in [-0.2, -0.15) is 31.1 Å². The molecule has 4 rings (SSSR count). The average molecular weight is 498 g/mol. The maximum atomic E-state index is 13.3. The smallest absolute Gasteiger partial charge is 0.329 e. The van der Waals surface area contributed by atoms with Crippen LogP contribution < -0.4 is 4.90 Å². The molecule has 14 heteroatoms. The Morgan fingerprint density at radius 1 is 0.914 bits per heavy atom. The Morgan fingerprint density at radius 2 is 1.54 bits per heavy atom. The molecule has 0 amide bonds. The van der Waals surface area contributed by atoms with Crippen molar-refractivity contribution in [3.63, 3.8) is 0 Å². The van der Waals surface area contributed by atoms with Crippen molar-refractivity contribution in [1.29, 1.82) is 0 Å². The molecular weight excluding hydrogens is 478 g/mol. The number of fused-ring (bicyclic) bond motifs is 1. The number of imidazole rings is 1. The number of benzene rings is 1. The van der Waals surface area contributed by atoms with E-state index in [1.54, 1.807) is 12.3 Å². The van der Waals surface area contributed by atoms with Gasteiger partial charge in [0.05, 0.1) is 18.2 Å². The Hall–Kier alpha value is -3.71. The van der Waals surface area contributed by atoms with Gasteiger partial charge in [-0.3, -0.25) is 0 Å². The molecule has 3 heterocycles. The number of hydrogen-bond donors (Lipinski definition) is 0. The molecule has 35 heavy (non-hydrogen) atoms. The van der Waals surface area contributed by atoms with E-state index in [0.29, 0.717) is 35.4 Å². The third kappa shape index (κ3) is 5.20. The fraction of sp³-hybridized carbons (Fsp3) is 0.381. The molecule has 0 spiro atoms. The first-order valence-corrected chi connectivity index (χ1v) is 10.4. The topological polar surface area (TPSA) is 77.5 Å². The van der Waals surface area contributed by atoms with Gasteiger partial charge in [0.2, 0.25) is 0 Å². The van der Waals surface area contributed by atoms with Gasteiger partial charge in [-0.25, -0.2) is 9.97 Å². The van der Waals surface area contributed by atoms with Crippen LogP contribution in [0.4, 0.5) is 32.3 Å². The van der Waals surface area contributed by atoms with Gasteiger partial charge in [-0.1, -0.05) is 5.10 Å². The van der Waals surface area contributed by atoms with Gasteiger partial charge in [0.15, 0.2) is 5.65 Å². The van der Waals surface area contributed by atoms with Crippen molar-refractivity contribution < 1.29 is 26.3 Å². The maximum Gasteiger partial charge on any atom is 0.416 e. The number of halogens is 6. The van der Waals surface area contributed by atoms with Gasteiger partial charge in [0.25, 0.3) is 5.95 Å². The zero-order valence-electron chi connectivity index (χ0n) is 18.9. The molecule has 0 saturated carbocycles. The molecule has 1 aromatic carbocycles. The summed E-state index contributed by atoms with van der Waals surface area (Å²) in [4.78, 5) is 11.5. The van der Waals surface area contributed by atoms with E-state index in [1.165, 1.54) is 11.9 Å². The zero-order chi connectivity index (χ0) is 25.5. The second kappa shape index (κ2) is 8.82. The summed E-state index contributed by atoms with van der Waals surface area (Å²) in [6.07, 6.45) is -8.32. The molecule has 0 aliphatic heterocycles. The van der Waals surface area contributed by atoms with Crippen LogP contribution in [0, 0.1) is 6.92 Å². The number of anilines is 1. The first kappa shape index (κ1) is 24.4. The quantitative estimate of drug-likeness (QED) is 0.364. The van der Waals surface area contributed by atoms with Crippen molar-refractivity contribution in [3.05, 3.63) is 58.5 Å². The molecule has 0 aliphatic carbocycles. The number of aromatic nitrogens is 7. The molecule has 0 unspecified atom stereocenters. The predicted octanol–water partition coefficient (Wildman–Crippen LogP) is 4.53. The second-order valence-corrected chi connectivity index (χ2v) is 7.94.